The lowest BCUT2D eigenvalue weighted by molar-refractivity contribution is 0.145. The second-order valence-corrected chi connectivity index (χ2v) is 9.73. The smallest absolute Gasteiger partial charge is 0.231 e. The number of likely N-dealkylation sites (N-methyl/N-ethyl adjacent to an activating group) is 1. The highest BCUT2D eigenvalue weighted by Crippen LogP contribution is 2.46. The Labute approximate surface area is 238 Å². The fourth-order valence-corrected chi connectivity index (χ4v) is 4.81. The first kappa shape index (κ1) is 28.2. The number of halogens is 1. The zero-order chi connectivity index (χ0) is 28.8. The van der Waals surface area contributed by atoms with Crippen molar-refractivity contribution in [3.63, 3.8) is 0 Å². The number of anilines is 2. The molecule has 41 heavy (non-hydrogen) atoms. The van der Waals surface area contributed by atoms with Gasteiger partial charge in [-0.25, -0.2) is 4.39 Å². The first-order valence-corrected chi connectivity index (χ1v) is 13.3. The monoisotopic (exact) mass is 561 g/mol. The molecule has 0 saturated carbocycles. The summed E-state index contributed by atoms with van der Waals surface area (Å²) in [5, 5.41) is 13.5. The summed E-state index contributed by atoms with van der Waals surface area (Å²) < 4.78 is 43.3. The Bertz CT molecular complexity index is 1520. The minimum Gasteiger partial charge on any atom is -0.493 e. The van der Waals surface area contributed by atoms with E-state index < -0.39 is 5.82 Å². The Morgan fingerprint density at radius 2 is 1.85 bits per heavy atom. The summed E-state index contributed by atoms with van der Waals surface area (Å²) >= 11 is 0. The maximum atomic E-state index is 15.4. The number of methoxy groups -OCH3 is 2. The third-order valence-corrected chi connectivity index (χ3v) is 7.03. The molecule has 214 valence electrons. The quantitative estimate of drug-likeness (QED) is 0.307. The molecular weight excluding hydrogens is 529 g/mol. The van der Waals surface area contributed by atoms with E-state index in [1.165, 1.54) is 19.4 Å². The van der Waals surface area contributed by atoms with Crippen LogP contribution in [-0.4, -0.2) is 88.8 Å². The van der Waals surface area contributed by atoms with Crippen molar-refractivity contribution in [1.82, 2.24) is 14.8 Å². The Morgan fingerprint density at radius 1 is 1.05 bits per heavy atom. The van der Waals surface area contributed by atoms with Gasteiger partial charge >= 0.3 is 0 Å². The number of nitrogens with one attached hydrogen (secondary N) is 1. The lowest BCUT2D eigenvalue weighted by Crippen LogP contribution is -2.44. The molecule has 1 aromatic heterocycles. The van der Waals surface area contributed by atoms with E-state index in [0.717, 1.165) is 39.1 Å². The summed E-state index contributed by atoms with van der Waals surface area (Å²) in [7, 11) is 5.22. The number of hydrogen-bond donors (Lipinski definition) is 1. The Hall–Kier alpha value is -4.29. The molecule has 0 spiro atoms. The van der Waals surface area contributed by atoms with Crippen molar-refractivity contribution in [3.8, 4) is 40.9 Å². The average molecular weight is 562 g/mol. The van der Waals surface area contributed by atoms with Crippen LogP contribution in [0.1, 0.15) is 17.5 Å². The predicted molar refractivity (Wildman–Crippen MR) is 152 cm³/mol. The van der Waals surface area contributed by atoms with Crippen molar-refractivity contribution in [2.24, 2.45) is 0 Å². The molecule has 11 heteroatoms. The summed E-state index contributed by atoms with van der Waals surface area (Å²) in [5.41, 5.74) is 1.50. The van der Waals surface area contributed by atoms with Gasteiger partial charge in [0.1, 0.15) is 18.4 Å². The van der Waals surface area contributed by atoms with Gasteiger partial charge in [0, 0.05) is 57.5 Å². The molecule has 1 saturated heterocycles. The SMILES string of the molecule is COCC#Cc1cc(F)c(Nc2c(C#N)cnc3cc(OCCCN4CCN(C)CC4)c(OC)cc23)c2c1OCO2. The number of aromatic nitrogens is 1. The first-order valence-electron chi connectivity index (χ1n) is 13.3. The van der Waals surface area contributed by atoms with Crippen LogP contribution in [0.2, 0.25) is 0 Å². The van der Waals surface area contributed by atoms with E-state index >= 15 is 4.39 Å². The van der Waals surface area contributed by atoms with Gasteiger partial charge in [0.05, 0.1) is 36.0 Å². The van der Waals surface area contributed by atoms with Gasteiger partial charge in [-0.3, -0.25) is 4.98 Å². The van der Waals surface area contributed by atoms with Crippen LogP contribution in [0.3, 0.4) is 0 Å². The van der Waals surface area contributed by atoms with Crippen LogP contribution in [0.4, 0.5) is 15.8 Å². The highest BCUT2D eigenvalue weighted by atomic mass is 19.1. The average Bonchev–Trinajstić information content (AvgIpc) is 3.48. The molecule has 0 unspecified atom stereocenters. The van der Waals surface area contributed by atoms with Crippen molar-refractivity contribution in [2.75, 3.05) is 79.3 Å². The molecule has 0 aliphatic carbocycles. The lowest BCUT2D eigenvalue weighted by atomic mass is 10.1. The molecule has 5 rings (SSSR count). The molecule has 1 fully saturated rings. The summed E-state index contributed by atoms with van der Waals surface area (Å²) in [6.45, 7) is 5.84. The Balaban J connectivity index is 1.41. The van der Waals surface area contributed by atoms with Gasteiger partial charge in [-0.05, 0) is 25.6 Å². The van der Waals surface area contributed by atoms with Crippen molar-refractivity contribution in [3.05, 3.63) is 41.3 Å². The van der Waals surface area contributed by atoms with Crippen LogP contribution in [0.15, 0.2) is 24.4 Å². The zero-order valence-corrected chi connectivity index (χ0v) is 23.4. The topological polar surface area (TPSA) is 101 Å². The van der Waals surface area contributed by atoms with E-state index in [-0.39, 0.29) is 30.4 Å². The van der Waals surface area contributed by atoms with Crippen LogP contribution in [0, 0.1) is 29.0 Å². The molecule has 2 aliphatic rings. The molecule has 0 radical (unpaired) electrons. The van der Waals surface area contributed by atoms with Gasteiger partial charge in [0.2, 0.25) is 6.79 Å². The molecular formula is C30H32FN5O5. The minimum atomic E-state index is -0.614. The molecule has 3 aromatic rings. The molecule has 0 bridgehead atoms. The van der Waals surface area contributed by atoms with Crippen molar-refractivity contribution in [1.29, 1.82) is 5.26 Å². The van der Waals surface area contributed by atoms with Gasteiger partial charge in [0.15, 0.2) is 28.8 Å². The van der Waals surface area contributed by atoms with E-state index in [4.69, 9.17) is 23.7 Å². The van der Waals surface area contributed by atoms with E-state index in [2.05, 4.69) is 45.1 Å². The van der Waals surface area contributed by atoms with Crippen LogP contribution in [0.5, 0.6) is 23.0 Å². The number of pyridine rings is 1. The fraction of sp³-hybridized carbons (Fsp3) is 0.400. The number of ether oxygens (including phenoxy) is 5. The van der Waals surface area contributed by atoms with Gasteiger partial charge in [-0.2, -0.15) is 5.26 Å². The van der Waals surface area contributed by atoms with Crippen LogP contribution < -0.4 is 24.3 Å². The molecule has 2 aromatic carbocycles. The third-order valence-electron chi connectivity index (χ3n) is 7.03. The van der Waals surface area contributed by atoms with E-state index in [9.17, 15) is 5.26 Å². The van der Waals surface area contributed by atoms with Gasteiger partial charge in [-0.1, -0.05) is 11.8 Å². The van der Waals surface area contributed by atoms with Gasteiger partial charge < -0.3 is 38.8 Å². The zero-order valence-electron chi connectivity index (χ0n) is 23.4. The Kier molecular flexibility index (Phi) is 8.90. The largest absolute Gasteiger partial charge is 0.493 e. The lowest BCUT2D eigenvalue weighted by Gasteiger charge is -2.32. The Morgan fingerprint density at radius 3 is 2.61 bits per heavy atom. The molecule has 2 aliphatic heterocycles. The summed E-state index contributed by atoms with van der Waals surface area (Å²) in [5.74, 6) is 6.55. The highest BCUT2D eigenvalue weighted by molar-refractivity contribution is 5.98. The van der Waals surface area contributed by atoms with Gasteiger partial charge in [-0.15, -0.1) is 0 Å². The van der Waals surface area contributed by atoms with Crippen molar-refractivity contribution < 1.29 is 28.1 Å². The summed E-state index contributed by atoms with van der Waals surface area (Å²) in [6.07, 6.45) is 2.31. The third kappa shape index (κ3) is 6.23. The van der Waals surface area contributed by atoms with Crippen LogP contribution in [0.25, 0.3) is 10.9 Å². The van der Waals surface area contributed by atoms with E-state index in [1.807, 2.05) is 0 Å². The van der Waals surface area contributed by atoms with Crippen LogP contribution >= 0.6 is 0 Å². The normalized spacial score (nSPS) is 14.8. The van der Waals surface area contributed by atoms with Crippen molar-refractivity contribution >= 4 is 22.3 Å². The molecule has 0 atom stereocenters. The maximum Gasteiger partial charge on any atom is 0.231 e. The standard InChI is InChI=1S/C30H32FN5O5/c1-35-8-10-36(11-9-35)7-5-13-39-26-16-24-22(15-25(26)38-3)27(21(17-32)18-33-24)34-28-23(31)14-20(6-4-12-37-2)29-30(28)41-19-40-29/h14-16,18H,5,7-13,19H2,1-3H3,(H,33,34). The molecule has 3 heterocycles. The van der Waals surface area contributed by atoms with Crippen LogP contribution in [-0.2, 0) is 4.74 Å². The number of rotatable bonds is 9. The predicted octanol–water partition coefficient (Wildman–Crippen LogP) is 3.74. The van der Waals surface area contributed by atoms with E-state index in [0.29, 0.717) is 46.0 Å². The minimum absolute atomic E-state index is 0.0296. The molecule has 0 amide bonds. The summed E-state index contributed by atoms with van der Waals surface area (Å²) in [4.78, 5) is 9.23. The summed E-state index contributed by atoms with van der Waals surface area (Å²) in [6, 6.07) is 6.91. The fourth-order valence-electron chi connectivity index (χ4n) is 4.81. The second kappa shape index (κ2) is 12.9. The number of nitriles is 1. The number of piperazine rings is 1. The first-order chi connectivity index (χ1) is 20.0. The number of nitrogens with zero attached hydrogens (tertiary/aromatic N) is 4. The molecule has 10 nitrogen and oxygen atoms in total. The van der Waals surface area contributed by atoms with Crippen molar-refractivity contribution in [2.45, 2.75) is 6.42 Å². The number of hydrogen-bond acceptors (Lipinski definition) is 10. The van der Waals surface area contributed by atoms with Gasteiger partial charge in [0.25, 0.3) is 0 Å². The second-order valence-electron chi connectivity index (χ2n) is 9.73. The molecule has 1 N–H and O–H groups in total. The number of benzene rings is 2. The number of fused-ring (bicyclic) bond motifs is 2. The van der Waals surface area contributed by atoms with E-state index in [1.54, 1.807) is 19.2 Å². The maximum absolute atomic E-state index is 15.4. The highest BCUT2D eigenvalue weighted by Gasteiger charge is 2.27.